The summed E-state index contributed by atoms with van der Waals surface area (Å²) in [5, 5.41) is 3.21. The molecule has 1 N–H and O–H groups in total. The van der Waals surface area contributed by atoms with Crippen LogP contribution in [0.25, 0.3) is 0 Å². The highest BCUT2D eigenvalue weighted by Crippen LogP contribution is 2.13. The van der Waals surface area contributed by atoms with Crippen LogP contribution in [0.1, 0.15) is 37.0 Å². The summed E-state index contributed by atoms with van der Waals surface area (Å²) in [4.78, 5) is 18.6. The number of carbonyl (C=O) groups is 1. The molecule has 0 aliphatic carbocycles. The number of nitrogens with one attached hydrogen (secondary N) is 1. The number of rotatable bonds is 4. The first-order valence-electron chi connectivity index (χ1n) is 7.31. The van der Waals surface area contributed by atoms with E-state index in [0.717, 1.165) is 38.4 Å². The van der Waals surface area contributed by atoms with Crippen LogP contribution >= 0.6 is 0 Å². The second-order valence-electron chi connectivity index (χ2n) is 5.14. The van der Waals surface area contributed by atoms with Crippen LogP contribution in [0.15, 0.2) is 18.3 Å². The van der Waals surface area contributed by atoms with Gasteiger partial charge in [-0.2, -0.15) is 0 Å². The fourth-order valence-corrected chi connectivity index (χ4v) is 2.27. The Bertz CT molecular complexity index is 450. The lowest BCUT2D eigenvalue weighted by molar-refractivity contribution is 0.0562. The van der Waals surface area contributed by atoms with Crippen molar-refractivity contribution in [3.8, 4) is 0 Å². The van der Waals surface area contributed by atoms with Crippen molar-refractivity contribution in [2.45, 2.75) is 32.8 Å². The average molecular weight is 277 g/mol. The van der Waals surface area contributed by atoms with Gasteiger partial charge in [0.15, 0.2) is 0 Å². The zero-order chi connectivity index (χ0) is 14.4. The van der Waals surface area contributed by atoms with E-state index in [2.05, 4.69) is 17.2 Å². The molecule has 1 unspecified atom stereocenters. The molecule has 1 fully saturated rings. The molecule has 2 rings (SSSR count). The zero-order valence-electron chi connectivity index (χ0n) is 12.3. The number of hydrogen-bond donors (Lipinski definition) is 1. The van der Waals surface area contributed by atoms with E-state index in [0.29, 0.717) is 12.1 Å². The number of pyridine rings is 1. The minimum absolute atomic E-state index is 0.0595. The van der Waals surface area contributed by atoms with E-state index in [1.165, 1.54) is 0 Å². The van der Waals surface area contributed by atoms with Crippen molar-refractivity contribution < 1.29 is 9.53 Å². The minimum Gasteiger partial charge on any atom is -0.377 e. The van der Waals surface area contributed by atoms with Gasteiger partial charge in [-0.05, 0) is 31.9 Å². The number of ether oxygens (including phenoxy) is 1. The third-order valence-corrected chi connectivity index (χ3v) is 3.30. The maximum atomic E-state index is 12.5. The van der Waals surface area contributed by atoms with Gasteiger partial charge in [0.25, 0.3) is 5.91 Å². The molecule has 0 aromatic carbocycles. The largest absolute Gasteiger partial charge is 0.377 e. The topological polar surface area (TPSA) is 54.5 Å². The SMILES string of the molecule is CCCNc1cc(C(=O)N2CCCOC(C)C2)ccn1. The van der Waals surface area contributed by atoms with E-state index in [1.807, 2.05) is 17.9 Å². The lowest BCUT2D eigenvalue weighted by atomic mass is 10.2. The normalized spacial score (nSPS) is 19.5. The number of hydrogen-bond acceptors (Lipinski definition) is 4. The molecule has 110 valence electrons. The minimum atomic E-state index is 0.0595. The van der Waals surface area contributed by atoms with Crippen molar-refractivity contribution in [1.29, 1.82) is 0 Å². The fraction of sp³-hybridized carbons (Fsp3) is 0.600. The molecule has 1 aliphatic rings. The van der Waals surface area contributed by atoms with Gasteiger partial charge in [-0.15, -0.1) is 0 Å². The molecule has 1 aromatic rings. The first-order chi connectivity index (χ1) is 9.70. The molecule has 1 atom stereocenters. The Labute approximate surface area is 120 Å². The predicted octanol–water partition coefficient (Wildman–Crippen LogP) is 2.15. The van der Waals surface area contributed by atoms with Crippen LogP contribution in [0, 0.1) is 0 Å². The van der Waals surface area contributed by atoms with Crippen LogP contribution in [0.2, 0.25) is 0 Å². The molecule has 5 nitrogen and oxygen atoms in total. The predicted molar refractivity (Wildman–Crippen MR) is 79.0 cm³/mol. The second kappa shape index (κ2) is 7.24. The average Bonchev–Trinajstić information content (AvgIpc) is 2.69. The Kier molecular flexibility index (Phi) is 5.35. The molecule has 0 bridgehead atoms. The van der Waals surface area contributed by atoms with E-state index >= 15 is 0 Å². The van der Waals surface area contributed by atoms with Gasteiger partial charge in [-0.25, -0.2) is 4.98 Å². The number of aromatic nitrogens is 1. The zero-order valence-corrected chi connectivity index (χ0v) is 12.3. The van der Waals surface area contributed by atoms with Crippen molar-refractivity contribution in [2.24, 2.45) is 0 Å². The highest BCUT2D eigenvalue weighted by atomic mass is 16.5. The Balaban J connectivity index is 2.07. The summed E-state index contributed by atoms with van der Waals surface area (Å²) in [7, 11) is 0. The van der Waals surface area contributed by atoms with Gasteiger partial charge >= 0.3 is 0 Å². The van der Waals surface area contributed by atoms with Crippen LogP contribution in [0.5, 0.6) is 0 Å². The maximum absolute atomic E-state index is 12.5. The van der Waals surface area contributed by atoms with Crippen LogP contribution < -0.4 is 5.32 Å². The van der Waals surface area contributed by atoms with Crippen molar-refractivity contribution >= 4 is 11.7 Å². The van der Waals surface area contributed by atoms with Gasteiger partial charge in [0, 0.05) is 38.0 Å². The van der Waals surface area contributed by atoms with Crippen molar-refractivity contribution in [3.63, 3.8) is 0 Å². The molecule has 0 spiro atoms. The third-order valence-electron chi connectivity index (χ3n) is 3.30. The Morgan fingerprint density at radius 1 is 1.60 bits per heavy atom. The molecule has 1 aliphatic heterocycles. The molecule has 1 aromatic heterocycles. The number of amides is 1. The molecule has 0 radical (unpaired) electrons. The smallest absolute Gasteiger partial charge is 0.254 e. The van der Waals surface area contributed by atoms with Crippen molar-refractivity contribution in [1.82, 2.24) is 9.88 Å². The number of carbonyl (C=O) groups excluding carboxylic acids is 1. The van der Waals surface area contributed by atoms with Gasteiger partial charge in [0.2, 0.25) is 0 Å². The van der Waals surface area contributed by atoms with E-state index in [1.54, 1.807) is 12.3 Å². The lowest BCUT2D eigenvalue weighted by Crippen LogP contribution is -2.35. The summed E-state index contributed by atoms with van der Waals surface area (Å²) in [5.41, 5.74) is 0.688. The number of anilines is 1. The van der Waals surface area contributed by atoms with Gasteiger partial charge < -0.3 is 15.0 Å². The number of nitrogens with zero attached hydrogens (tertiary/aromatic N) is 2. The molecular formula is C15H23N3O2. The molecule has 1 saturated heterocycles. The van der Waals surface area contributed by atoms with Gasteiger partial charge in [-0.1, -0.05) is 6.92 Å². The van der Waals surface area contributed by atoms with Crippen molar-refractivity contribution in [2.75, 3.05) is 31.6 Å². The quantitative estimate of drug-likeness (QED) is 0.916. The summed E-state index contributed by atoms with van der Waals surface area (Å²) in [5.74, 6) is 0.820. The second-order valence-corrected chi connectivity index (χ2v) is 5.14. The van der Waals surface area contributed by atoms with Crippen LogP contribution in [0.4, 0.5) is 5.82 Å². The highest BCUT2D eigenvalue weighted by Gasteiger charge is 2.21. The third kappa shape index (κ3) is 3.93. The van der Waals surface area contributed by atoms with Gasteiger partial charge in [0.1, 0.15) is 5.82 Å². The van der Waals surface area contributed by atoms with Crippen LogP contribution in [-0.2, 0) is 4.74 Å². The van der Waals surface area contributed by atoms with Gasteiger partial charge in [-0.3, -0.25) is 4.79 Å². The van der Waals surface area contributed by atoms with E-state index in [9.17, 15) is 4.79 Å². The summed E-state index contributed by atoms with van der Waals surface area (Å²) in [6, 6.07) is 3.60. The maximum Gasteiger partial charge on any atom is 0.254 e. The summed E-state index contributed by atoms with van der Waals surface area (Å²) < 4.78 is 5.58. The Morgan fingerprint density at radius 2 is 2.45 bits per heavy atom. The molecular weight excluding hydrogens is 254 g/mol. The Morgan fingerprint density at radius 3 is 3.25 bits per heavy atom. The standard InChI is InChI=1S/C15H23N3O2/c1-3-6-16-14-10-13(5-7-17-14)15(19)18-8-4-9-20-12(2)11-18/h5,7,10,12H,3-4,6,8-9,11H2,1-2H3,(H,16,17). The molecule has 0 saturated carbocycles. The van der Waals surface area contributed by atoms with E-state index in [4.69, 9.17) is 4.74 Å². The van der Waals surface area contributed by atoms with Crippen LogP contribution in [-0.4, -0.2) is 48.1 Å². The molecule has 5 heteroatoms. The lowest BCUT2D eigenvalue weighted by Gasteiger charge is -2.22. The van der Waals surface area contributed by atoms with E-state index in [-0.39, 0.29) is 12.0 Å². The van der Waals surface area contributed by atoms with Crippen molar-refractivity contribution in [3.05, 3.63) is 23.9 Å². The molecule has 1 amide bonds. The Hall–Kier alpha value is -1.62. The van der Waals surface area contributed by atoms with Crippen LogP contribution in [0.3, 0.4) is 0 Å². The first-order valence-corrected chi connectivity index (χ1v) is 7.31. The monoisotopic (exact) mass is 277 g/mol. The van der Waals surface area contributed by atoms with E-state index < -0.39 is 0 Å². The van der Waals surface area contributed by atoms with Gasteiger partial charge in [0.05, 0.1) is 6.10 Å². The molecule has 2 heterocycles. The highest BCUT2D eigenvalue weighted by molar-refractivity contribution is 5.94. The fourth-order valence-electron chi connectivity index (χ4n) is 2.27. The molecule has 20 heavy (non-hydrogen) atoms. The summed E-state index contributed by atoms with van der Waals surface area (Å²) in [6.07, 6.45) is 3.70. The summed E-state index contributed by atoms with van der Waals surface area (Å²) >= 11 is 0. The first kappa shape index (κ1) is 14.8. The summed E-state index contributed by atoms with van der Waals surface area (Å²) in [6.45, 7) is 7.10.